The Morgan fingerprint density at radius 3 is 2.41 bits per heavy atom. The van der Waals surface area contributed by atoms with Crippen LogP contribution >= 0.6 is 0 Å². The number of para-hydroxylation sites is 1. The van der Waals surface area contributed by atoms with Crippen molar-refractivity contribution in [1.29, 1.82) is 0 Å². The highest BCUT2D eigenvalue weighted by Crippen LogP contribution is 2.31. The Balaban J connectivity index is 2.05. The quantitative estimate of drug-likeness (QED) is 0.785. The summed E-state index contributed by atoms with van der Waals surface area (Å²) in [5.74, 6) is 0.206. The van der Waals surface area contributed by atoms with E-state index in [1.54, 1.807) is 11.8 Å². The lowest BCUT2D eigenvalue weighted by atomic mass is 9.97. The Morgan fingerprint density at radius 2 is 1.78 bits per heavy atom. The molecule has 0 atom stereocenters. The molecule has 1 N–H and O–H groups in total. The van der Waals surface area contributed by atoms with Crippen LogP contribution in [0.1, 0.15) is 55.4 Å². The minimum Gasteiger partial charge on any atom is -0.352 e. The van der Waals surface area contributed by atoms with E-state index in [4.69, 9.17) is 0 Å². The first-order valence-electron chi connectivity index (χ1n) is 9.49. The summed E-state index contributed by atoms with van der Waals surface area (Å²) in [6.07, 6.45) is 0.275. The average molecular weight is 367 g/mol. The van der Waals surface area contributed by atoms with Gasteiger partial charge in [0.15, 0.2) is 0 Å². The number of nitrogens with one attached hydrogen (secondary N) is 1. The number of rotatable bonds is 7. The SMILES string of the molecule is CC(=O)N(CCC(=O)NCc1cccc(C)c1)c1c(C)cccc1C(C)C. The van der Waals surface area contributed by atoms with Crippen molar-refractivity contribution in [2.24, 2.45) is 0 Å². The van der Waals surface area contributed by atoms with E-state index in [1.807, 2.05) is 44.2 Å². The largest absolute Gasteiger partial charge is 0.352 e. The molecule has 0 aliphatic rings. The molecule has 4 nitrogen and oxygen atoms in total. The Labute approximate surface area is 162 Å². The van der Waals surface area contributed by atoms with Crippen LogP contribution in [0, 0.1) is 13.8 Å². The molecule has 2 aromatic rings. The summed E-state index contributed by atoms with van der Waals surface area (Å²) in [6, 6.07) is 14.2. The van der Waals surface area contributed by atoms with E-state index in [1.165, 1.54) is 5.56 Å². The fourth-order valence-electron chi connectivity index (χ4n) is 3.27. The second-order valence-corrected chi connectivity index (χ2v) is 7.35. The van der Waals surface area contributed by atoms with Crippen molar-refractivity contribution >= 4 is 17.5 Å². The molecule has 2 amide bonds. The highest BCUT2D eigenvalue weighted by atomic mass is 16.2. The van der Waals surface area contributed by atoms with Gasteiger partial charge in [-0.25, -0.2) is 0 Å². The van der Waals surface area contributed by atoms with Gasteiger partial charge in [-0.3, -0.25) is 9.59 Å². The maximum atomic E-state index is 12.3. The predicted octanol–water partition coefficient (Wildman–Crippen LogP) is 4.49. The first-order chi connectivity index (χ1) is 12.8. The zero-order valence-corrected chi connectivity index (χ0v) is 17.0. The first kappa shape index (κ1) is 20.7. The summed E-state index contributed by atoms with van der Waals surface area (Å²) in [4.78, 5) is 26.3. The molecule has 0 saturated carbocycles. The van der Waals surface area contributed by atoms with Crippen molar-refractivity contribution in [3.63, 3.8) is 0 Å². The minimum atomic E-state index is -0.0533. The van der Waals surface area contributed by atoms with Gasteiger partial charge in [0.25, 0.3) is 0 Å². The smallest absolute Gasteiger partial charge is 0.223 e. The molecule has 0 spiro atoms. The van der Waals surface area contributed by atoms with Crippen LogP contribution in [0.3, 0.4) is 0 Å². The lowest BCUT2D eigenvalue weighted by Gasteiger charge is -2.27. The van der Waals surface area contributed by atoms with Crippen molar-refractivity contribution < 1.29 is 9.59 Å². The average Bonchev–Trinajstić information content (AvgIpc) is 2.60. The molecule has 2 rings (SSSR count). The van der Waals surface area contributed by atoms with Crippen molar-refractivity contribution in [2.75, 3.05) is 11.4 Å². The number of aryl methyl sites for hydroxylation is 2. The van der Waals surface area contributed by atoms with Gasteiger partial charge in [0, 0.05) is 32.1 Å². The van der Waals surface area contributed by atoms with Crippen molar-refractivity contribution in [2.45, 2.75) is 53.5 Å². The van der Waals surface area contributed by atoms with E-state index in [0.29, 0.717) is 19.0 Å². The number of hydrogen-bond donors (Lipinski definition) is 1. The summed E-state index contributed by atoms with van der Waals surface area (Å²) in [7, 11) is 0. The maximum Gasteiger partial charge on any atom is 0.223 e. The number of nitrogens with zero attached hydrogens (tertiary/aromatic N) is 1. The van der Waals surface area contributed by atoms with Gasteiger partial charge in [-0.2, -0.15) is 0 Å². The van der Waals surface area contributed by atoms with E-state index in [0.717, 1.165) is 22.4 Å². The van der Waals surface area contributed by atoms with Gasteiger partial charge >= 0.3 is 0 Å². The van der Waals surface area contributed by atoms with Crippen LogP contribution in [0.5, 0.6) is 0 Å². The third-order valence-electron chi connectivity index (χ3n) is 4.68. The topological polar surface area (TPSA) is 49.4 Å². The zero-order valence-electron chi connectivity index (χ0n) is 17.0. The van der Waals surface area contributed by atoms with Crippen LogP contribution in [-0.4, -0.2) is 18.4 Å². The summed E-state index contributed by atoms with van der Waals surface area (Å²) >= 11 is 0. The predicted molar refractivity (Wildman–Crippen MR) is 111 cm³/mol. The summed E-state index contributed by atoms with van der Waals surface area (Å²) < 4.78 is 0. The van der Waals surface area contributed by atoms with Gasteiger partial charge in [0.2, 0.25) is 11.8 Å². The van der Waals surface area contributed by atoms with Gasteiger partial charge in [-0.15, -0.1) is 0 Å². The molecule has 4 heteroatoms. The van der Waals surface area contributed by atoms with Gasteiger partial charge in [-0.05, 0) is 36.5 Å². The standard InChI is InChI=1S/C23H30N2O2/c1-16(2)21-11-7-9-18(4)23(21)25(19(5)26)13-12-22(27)24-15-20-10-6-8-17(3)14-20/h6-11,14,16H,12-13,15H2,1-5H3,(H,24,27). The number of amides is 2. The second kappa shape index (κ2) is 9.36. The molecule has 0 aromatic heterocycles. The number of benzene rings is 2. The molecule has 0 bridgehead atoms. The molecule has 2 aromatic carbocycles. The van der Waals surface area contributed by atoms with Crippen molar-refractivity contribution in [3.8, 4) is 0 Å². The second-order valence-electron chi connectivity index (χ2n) is 7.35. The normalized spacial score (nSPS) is 10.7. The molecule has 0 radical (unpaired) electrons. The molecule has 0 aliphatic carbocycles. The van der Waals surface area contributed by atoms with Crippen LogP contribution in [0.2, 0.25) is 0 Å². The number of anilines is 1. The molecule has 0 aliphatic heterocycles. The van der Waals surface area contributed by atoms with Crippen molar-refractivity contribution in [3.05, 3.63) is 64.7 Å². The van der Waals surface area contributed by atoms with Gasteiger partial charge in [-0.1, -0.05) is 61.9 Å². The Morgan fingerprint density at radius 1 is 1.07 bits per heavy atom. The van der Waals surface area contributed by atoms with Gasteiger partial charge in [0.1, 0.15) is 0 Å². The summed E-state index contributed by atoms with van der Waals surface area (Å²) in [5, 5.41) is 2.95. The Bertz CT molecular complexity index is 812. The monoisotopic (exact) mass is 366 g/mol. The van der Waals surface area contributed by atoms with Crippen LogP contribution in [0.15, 0.2) is 42.5 Å². The van der Waals surface area contributed by atoms with Gasteiger partial charge < -0.3 is 10.2 Å². The van der Waals surface area contributed by atoms with E-state index < -0.39 is 0 Å². The fraction of sp³-hybridized carbons (Fsp3) is 0.391. The lowest BCUT2D eigenvalue weighted by Crippen LogP contribution is -2.35. The third-order valence-corrected chi connectivity index (χ3v) is 4.68. The molecule has 144 valence electrons. The third kappa shape index (κ3) is 5.68. The number of hydrogen-bond acceptors (Lipinski definition) is 2. The van der Waals surface area contributed by atoms with E-state index >= 15 is 0 Å². The minimum absolute atomic E-state index is 0.0438. The lowest BCUT2D eigenvalue weighted by molar-refractivity contribution is -0.121. The Hall–Kier alpha value is -2.62. The van der Waals surface area contributed by atoms with E-state index in [2.05, 4.69) is 31.3 Å². The molecule has 0 fully saturated rings. The van der Waals surface area contributed by atoms with E-state index in [-0.39, 0.29) is 18.2 Å². The van der Waals surface area contributed by atoms with E-state index in [9.17, 15) is 9.59 Å². The number of carbonyl (C=O) groups excluding carboxylic acids is 2. The highest BCUT2D eigenvalue weighted by Gasteiger charge is 2.20. The summed E-state index contributed by atoms with van der Waals surface area (Å²) in [6.45, 7) is 10.7. The molecule has 0 heterocycles. The van der Waals surface area contributed by atoms with Crippen molar-refractivity contribution in [1.82, 2.24) is 5.32 Å². The van der Waals surface area contributed by atoms with Crippen LogP contribution < -0.4 is 10.2 Å². The van der Waals surface area contributed by atoms with Gasteiger partial charge in [0.05, 0.1) is 0 Å². The molecular formula is C23H30N2O2. The van der Waals surface area contributed by atoms with Crippen LogP contribution in [0.4, 0.5) is 5.69 Å². The fourth-order valence-corrected chi connectivity index (χ4v) is 3.27. The molecular weight excluding hydrogens is 336 g/mol. The summed E-state index contributed by atoms with van der Waals surface area (Å²) in [5.41, 5.74) is 5.37. The number of carbonyl (C=O) groups is 2. The van der Waals surface area contributed by atoms with Crippen LogP contribution in [-0.2, 0) is 16.1 Å². The maximum absolute atomic E-state index is 12.3. The Kier molecular flexibility index (Phi) is 7.17. The highest BCUT2D eigenvalue weighted by molar-refractivity contribution is 5.94. The first-order valence-corrected chi connectivity index (χ1v) is 9.49. The zero-order chi connectivity index (χ0) is 20.0. The molecule has 0 saturated heterocycles. The molecule has 27 heavy (non-hydrogen) atoms. The van der Waals surface area contributed by atoms with Crippen LogP contribution in [0.25, 0.3) is 0 Å². The molecule has 0 unspecified atom stereocenters.